The van der Waals surface area contributed by atoms with Crippen molar-refractivity contribution in [1.29, 1.82) is 0 Å². The van der Waals surface area contributed by atoms with Crippen molar-refractivity contribution in [2.45, 2.75) is 25.8 Å². The number of carbonyl (C=O) groups excluding carboxylic acids is 2. The first-order chi connectivity index (χ1) is 13.5. The van der Waals surface area contributed by atoms with Crippen molar-refractivity contribution in [1.82, 2.24) is 4.90 Å². The van der Waals surface area contributed by atoms with Crippen molar-refractivity contribution in [3.8, 4) is 11.5 Å². The molecule has 1 amide bonds. The molecule has 3 rings (SSSR count). The van der Waals surface area contributed by atoms with E-state index in [1.165, 1.54) is 31.4 Å². The molecule has 0 saturated heterocycles. The Morgan fingerprint density at radius 2 is 2.00 bits per heavy atom. The molecule has 1 unspecified atom stereocenters. The number of hydrogen-bond donors (Lipinski definition) is 1. The number of methoxy groups -OCH3 is 2. The van der Waals surface area contributed by atoms with Gasteiger partial charge in [-0.2, -0.15) is 0 Å². The van der Waals surface area contributed by atoms with Crippen molar-refractivity contribution in [2.24, 2.45) is 0 Å². The average molecular weight is 385 g/mol. The number of unbranched alkanes of at least 4 members (excludes halogenated alkanes) is 1. The second kappa shape index (κ2) is 8.21. The highest BCUT2D eigenvalue weighted by Crippen LogP contribution is 2.45. The molecule has 0 saturated carbocycles. The Morgan fingerprint density at radius 3 is 2.61 bits per heavy atom. The van der Waals surface area contributed by atoms with Gasteiger partial charge >= 0.3 is 0 Å². The number of furan rings is 1. The van der Waals surface area contributed by atoms with Crippen LogP contribution in [0.5, 0.6) is 11.5 Å². The second-order valence-corrected chi connectivity index (χ2v) is 6.41. The van der Waals surface area contributed by atoms with Crippen LogP contribution in [0.2, 0.25) is 0 Å². The zero-order valence-corrected chi connectivity index (χ0v) is 16.1. The van der Waals surface area contributed by atoms with E-state index >= 15 is 0 Å². The van der Waals surface area contributed by atoms with E-state index in [4.69, 9.17) is 13.9 Å². The molecule has 1 aliphatic heterocycles. The lowest BCUT2D eigenvalue weighted by Crippen LogP contribution is -2.32. The SMILES string of the molecule is CCCCN1C(=O)C(O)=C(C(=O)c2ccco2)C1c1cccc(OC)c1OC. The summed E-state index contributed by atoms with van der Waals surface area (Å²) in [5.74, 6) is -0.753. The summed E-state index contributed by atoms with van der Waals surface area (Å²) in [4.78, 5) is 27.3. The summed E-state index contributed by atoms with van der Waals surface area (Å²) in [6, 6.07) is 7.52. The zero-order chi connectivity index (χ0) is 20.3. The van der Waals surface area contributed by atoms with Gasteiger partial charge in [-0.1, -0.05) is 25.5 Å². The molecule has 148 valence electrons. The number of Topliss-reactive ketones (excluding diaryl/α,β-unsaturated/α-hetero) is 1. The van der Waals surface area contributed by atoms with Crippen LogP contribution >= 0.6 is 0 Å². The predicted molar refractivity (Wildman–Crippen MR) is 102 cm³/mol. The van der Waals surface area contributed by atoms with Gasteiger partial charge in [0.2, 0.25) is 5.78 Å². The summed E-state index contributed by atoms with van der Waals surface area (Å²) < 4.78 is 16.1. The fourth-order valence-electron chi connectivity index (χ4n) is 3.44. The molecule has 0 radical (unpaired) electrons. The highest BCUT2D eigenvalue weighted by atomic mass is 16.5. The fourth-order valence-corrected chi connectivity index (χ4v) is 3.44. The Balaban J connectivity index is 2.17. The van der Waals surface area contributed by atoms with E-state index in [-0.39, 0.29) is 11.3 Å². The Hall–Kier alpha value is -3.22. The molecular weight excluding hydrogens is 362 g/mol. The van der Waals surface area contributed by atoms with Crippen LogP contribution in [0.25, 0.3) is 0 Å². The first-order valence-electron chi connectivity index (χ1n) is 9.08. The van der Waals surface area contributed by atoms with Crippen LogP contribution < -0.4 is 9.47 Å². The molecule has 1 aromatic carbocycles. The maximum absolute atomic E-state index is 13.1. The number of nitrogens with zero attached hydrogens (tertiary/aromatic N) is 1. The summed E-state index contributed by atoms with van der Waals surface area (Å²) in [6.45, 7) is 2.39. The molecule has 28 heavy (non-hydrogen) atoms. The Labute approximate surface area is 163 Å². The van der Waals surface area contributed by atoms with Gasteiger partial charge in [-0.25, -0.2) is 0 Å². The average Bonchev–Trinajstić information content (AvgIpc) is 3.33. The van der Waals surface area contributed by atoms with Gasteiger partial charge in [0.1, 0.15) is 0 Å². The number of amides is 1. The number of aliphatic hydroxyl groups is 1. The summed E-state index contributed by atoms with van der Waals surface area (Å²) in [5.41, 5.74) is 0.535. The molecule has 1 aromatic heterocycles. The minimum Gasteiger partial charge on any atom is -0.503 e. The smallest absolute Gasteiger partial charge is 0.290 e. The number of para-hydroxylation sites is 1. The standard InChI is InChI=1S/C21H23NO6/c1-4-5-11-22-17(13-8-6-9-15(26-2)20(13)27-3)16(19(24)21(22)25)18(23)14-10-7-12-28-14/h6-10,12,17,24H,4-5,11H2,1-3H3. The first-order valence-corrected chi connectivity index (χ1v) is 9.08. The molecule has 1 aliphatic rings. The molecule has 1 atom stereocenters. The number of ketones is 1. The van der Waals surface area contributed by atoms with E-state index in [0.717, 1.165) is 12.8 Å². The summed E-state index contributed by atoms with van der Waals surface area (Å²) in [6.07, 6.45) is 2.95. The van der Waals surface area contributed by atoms with Crippen LogP contribution in [0.15, 0.2) is 52.3 Å². The minimum atomic E-state index is -0.804. The van der Waals surface area contributed by atoms with Crippen LogP contribution in [-0.2, 0) is 4.79 Å². The normalized spacial score (nSPS) is 16.6. The molecule has 1 N–H and O–H groups in total. The van der Waals surface area contributed by atoms with E-state index in [0.29, 0.717) is 23.6 Å². The van der Waals surface area contributed by atoms with Gasteiger partial charge < -0.3 is 23.9 Å². The lowest BCUT2D eigenvalue weighted by Gasteiger charge is -2.28. The first kappa shape index (κ1) is 19.5. The fraction of sp³-hybridized carbons (Fsp3) is 0.333. The third-order valence-electron chi connectivity index (χ3n) is 4.77. The van der Waals surface area contributed by atoms with Gasteiger partial charge in [0.25, 0.3) is 5.91 Å². The number of hydrogen-bond acceptors (Lipinski definition) is 6. The van der Waals surface area contributed by atoms with Gasteiger partial charge in [-0.05, 0) is 24.6 Å². The van der Waals surface area contributed by atoms with Gasteiger partial charge in [0.15, 0.2) is 23.0 Å². The van der Waals surface area contributed by atoms with Crippen LogP contribution in [0.1, 0.15) is 41.9 Å². The predicted octanol–water partition coefficient (Wildman–Crippen LogP) is 3.68. The molecule has 2 heterocycles. The Kier molecular flexibility index (Phi) is 5.73. The van der Waals surface area contributed by atoms with Crippen LogP contribution in [0, 0.1) is 0 Å². The molecule has 7 nitrogen and oxygen atoms in total. The zero-order valence-electron chi connectivity index (χ0n) is 16.1. The number of benzene rings is 1. The number of rotatable bonds is 8. The monoisotopic (exact) mass is 385 g/mol. The van der Waals surface area contributed by atoms with Crippen molar-refractivity contribution in [3.63, 3.8) is 0 Å². The van der Waals surface area contributed by atoms with Crippen LogP contribution in [0.4, 0.5) is 0 Å². The van der Waals surface area contributed by atoms with E-state index in [9.17, 15) is 14.7 Å². The van der Waals surface area contributed by atoms with Gasteiger partial charge in [-0.3, -0.25) is 9.59 Å². The highest BCUT2D eigenvalue weighted by Gasteiger charge is 2.45. The summed E-state index contributed by atoms with van der Waals surface area (Å²) >= 11 is 0. The largest absolute Gasteiger partial charge is 0.503 e. The molecule has 0 bridgehead atoms. The molecule has 0 fully saturated rings. The third-order valence-corrected chi connectivity index (χ3v) is 4.77. The number of ether oxygens (including phenoxy) is 2. The van der Waals surface area contributed by atoms with Gasteiger partial charge in [0, 0.05) is 12.1 Å². The third kappa shape index (κ3) is 3.24. The van der Waals surface area contributed by atoms with Crippen molar-refractivity contribution >= 4 is 11.7 Å². The maximum Gasteiger partial charge on any atom is 0.290 e. The van der Waals surface area contributed by atoms with Crippen LogP contribution in [-0.4, -0.2) is 42.5 Å². The topological polar surface area (TPSA) is 89.2 Å². The molecule has 0 aliphatic carbocycles. The van der Waals surface area contributed by atoms with E-state index in [1.54, 1.807) is 24.3 Å². The van der Waals surface area contributed by atoms with Gasteiger partial charge in [-0.15, -0.1) is 0 Å². The second-order valence-electron chi connectivity index (χ2n) is 6.41. The van der Waals surface area contributed by atoms with E-state index < -0.39 is 23.5 Å². The molecule has 7 heteroatoms. The van der Waals surface area contributed by atoms with Crippen LogP contribution in [0.3, 0.4) is 0 Å². The summed E-state index contributed by atoms with van der Waals surface area (Å²) in [7, 11) is 3.00. The van der Waals surface area contributed by atoms with E-state index in [2.05, 4.69) is 0 Å². The Morgan fingerprint density at radius 1 is 1.21 bits per heavy atom. The van der Waals surface area contributed by atoms with Crippen molar-refractivity contribution in [3.05, 3.63) is 59.3 Å². The molecule has 2 aromatic rings. The molecular formula is C21H23NO6. The molecule has 0 spiro atoms. The van der Waals surface area contributed by atoms with E-state index in [1.807, 2.05) is 6.92 Å². The maximum atomic E-state index is 13.1. The summed E-state index contributed by atoms with van der Waals surface area (Å²) in [5, 5.41) is 10.6. The lowest BCUT2D eigenvalue weighted by molar-refractivity contribution is -0.129. The number of aliphatic hydroxyl groups excluding tert-OH is 1. The quantitative estimate of drug-likeness (QED) is 0.698. The van der Waals surface area contributed by atoms with Gasteiger partial charge in [0.05, 0.1) is 32.1 Å². The lowest BCUT2D eigenvalue weighted by atomic mass is 9.94. The minimum absolute atomic E-state index is 0.0254. The number of carbonyl (C=O) groups is 2. The Bertz CT molecular complexity index is 900. The highest BCUT2D eigenvalue weighted by molar-refractivity contribution is 6.15. The van der Waals surface area contributed by atoms with Crippen molar-refractivity contribution in [2.75, 3.05) is 20.8 Å². The van der Waals surface area contributed by atoms with Crippen molar-refractivity contribution < 1.29 is 28.6 Å².